The number of nitrogens with one attached hydrogen (secondary N) is 1. The van der Waals surface area contributed by atoms with E-state index in [4.69, 9.17) is 11.6 Å². The van der Waals surface area contributed by atoms with Crippen LogP contribution in [0.15, 0.2) is 24.3 Å². The average molecular weight is 268 g/mol. The largest absolute Gasteiger partial charge is 0.393 e. The minimum Gasteiger partial charge on any atom is -0.393 e. The van der Waals surface area contributed by atoms with E-state index in [2.05, 4.69) is 24.4 Å². The van der Waals surface area contributed by atoms with Gasteiger partial charge in [0.05, 0.1) is 6.10 Å². The lowest BCUT2D eigenvalue weighted by Gasteiger charge is -2.29. The molecule has 1 fully saturated rings. The highest BCUT2D eigenvalue weighted by Crippen LogP contribution is 2.19. The van der Waals surface area contributed by atoms with E-state index >= 15 is 0 Å². The van der Waals surface area contributed by atoms with Crippen molar-refractivity contribution in [3.63, 3.8) is 0 Å². The number of rotatable bonds is 4. The molecule has 1 aromatic rings. The maximum absolute atomic E-state index is 9.48. The average Bonchev–Trinajstić information content (AvgIpc) is 2.35. The standard InChI is InChI=1S/C15H22ClNO/c1-11(10-12-2-4-13(16)5-3-12)17-14-6-8-15(18)9-7-14/h2-5,11,14-15,17-18H,6-10H2,1H3. The van der Waals surface area contributed by atoms with Crippen molar-refractivity contribution in [3.8, 4) is 0 Å². The van der Waals surface area contributed by atoms with E-state index in [1.807, 2.05) is 12.1 Å². The molecule has 1 aromatic carbocycles. The second kappa shape index (κ2) is 6.55. The second-order valence-corrected chi connectivity index (χ2v) is 5.84. The first-order chi connectivity index (χ1) is 8.63. The van der Waals surface area contributed by atoms with Gasteiger partial charge in [-0.1, -0.05) is 23.7 Å². The van der Waals surface area contributed by atoms with Crippen molar-refractivity contribution in [1.29, 1.82) is 0 Å². The Hall–Kier alpha value is -0.570. The van der Waals surface area contributed by atoms with Gasteiger partial charge in [-0.2, -0.15) is 0 Å². The van der Waals surface area contributed by atoms with Crippen LogP contribution in [0.2, 0.25) is 5.02 Å². The molecule has 0 aliphatic heterocycles. The third kappa shape index (κ3) is 4.27. The van der Waals surface area contributed by atoms with E-state index in [1.165, 1.54) is 5.56 Å². The first-order valence-corrected chi connectivity index (χ1v) is 7.20. The van der Waals surface area contributed by atoms with Crippen LogP contribution >= 0.6 is 11.6 Å². The smallest absolute Gasteiger partial charge is 0.0541 e. The maximum Gasteiger partial charge on any atom is 0.0541 e. The van der Waals surface area contributed by atoms with Crippen LogP contribution in [0.1, 0.15) is 38.2 Å². The molecule has 2 nitrogen and oxygen atoms in total. The van der Waals surface area contributed by atoms with Crippen LogP contribution < -0.4 is 5.32 Å². The Bertz CT molecular complexity index is 357. The molecule has 2 N–H and O–H groups in total. The summed E-state index contributed by atoms with van der Waals surface area (Å²) in [6, 6.07) is 9.10. The minimum absolute atomic E-state index is 0.0744. The molecule has 1 saturated carbocycles. The van der Waals surface area contributed by atoms with Crippen LogP contribution in [0, 0.1) is 0 Å². The van der Waals surface area contributed by atoms with Crippen LogP contribution in [0.4, 0.5) is 0 Å². The Balaban J connectivity index is 1.78. The van der Waals surface area contributed by atoms with Gasteiger partial charge in [0.25, 0.3) is 0 Å². The molecule has 0 saturated heterocycles. The molecular weight excluding hydrogens is 246 g/mol. The SMILES string of the molecule is CC(Cc1ccc(Cl)cc1)NC1CCC(O)CC1. The third-order valence-corrected chi connectivity index (χ3v) is 3.92. The fraction of sp³-hybridized carbons (Fsp3) is 0.600. The molecule has 2 rings (SSSR count). The Kier molecular flexibility index (Phi) is 5.04. The normalized spacial score (nSPS) is 25.9. The highest BCUT2D eigenvalue weighted by Gasteiger charge is 2.20. The maximum atomic E-state index is 9.48. The number of hydrogen-bond acceptors (Lipinski definition) is 2. The van der Waals surface area contributed by atoms with Crippen molar-refractivity contribution < 1.29 is 5.11 Å². The van der Waals surface area contributed by atoms with Gasteiger partial charge >= 0.3 is 0 Å². The Labute approximate surface area is 114 Å². The van der Waals surface area contributed by atoms with E-state index in [0.29, 0.717) is 12.1 Å². The van der Waals surface area contributed by atoms with E-state index in [-0.39, 0.29) is 6.10 Å². The molecular formula is C15H22ClNO. The van der Waals surface area contributed by atoms with Crippen LogP contribution in [0.3, 0.4) is 0 Å². The van der Waals surface area contributed by atoms with Crippen LogP contribution in [-0.4, -0.2) is 23.3 Å². The van der Waals surface area contributed by atoms with Gasteiger partial charge in [-0.15, -0.1) is 0 Å². The predicted molar refractivity (Wildman–Crippen MR) is 76.0 cm³/mol. The lowest BCUT2D eigenvalue weighted by Crippen LogP contribution is -2.40. The summed E-state index contributed by atoms with van der Waals surface area (Å²) in [6.45, 7) is 2.22. The predicted octanol–water partition coefficient (Wildman–Crippen LogP) is 3.16. The fourth-order valence-corrected chi connectivity index (χ4v) is 2.80. The molecule has 1 aliphatic rings. The molecule has 18 heavy (non-hydrogen) atoms. The molecule has 1 atom stereocenters. The lowest BCUT2D eigenvalue weighted by molar-refractivity contribution is 0.114. The molecule has 0 aromatic heterocycles. The summed E-state index contributed by atoms with van der Waals surface area (Å²) in [5, 5.41) is 13.9. The molecule has 0 radical (unpaired) electrons. The summed E-state index contributed by atoms with van der Waals surface area (Å²) >= 11 is 5.88. The van der Waals surface area contributed by atoms with Crippen LogP contribution in [-0.2, 0) is 6.42 Å². The summed E-state index contributed by atoms with van der Waals surface area (Å²) < 4.78 is 0. The van der Waals surface area contributed by atoms with Crippen molar-refractivity contribution in [2.75, 3.05) is 0 Å². The summed E-state index contributed by atoms with van der Waals surface area (Å²) in [7, 11) is 0. The van der Waals surface area contributed by atoms with Gasteiger partial charge in [-0.3, -0.25) is 0 Å². The highest BCUT2D eigenvalue weighted by molar-refractivity contribution is 6.30. The van der Waals surface area contributed by atoms with Gasteiger partial charge in [0.2, 0.25) is 0 Å². The molecule has 3 heteroatoms. The molecule has 0 heterocycles. The quantitative estimate of drug-likeness (QED) is 0.878. The molecule has 0 spiro atoms. The minimum atomic E-state index is -0.0744. The van der Waals surface area contributed by atoms with Crippen molar-refractivity contribution >= 4 is 11.6 Å². The van der Waals surface area contributed by atoms with Crippen molar-refractivity contribution in [2.24, 2.45) is 0 Å². The van der Waals surface area contributed by atoms with E-state index in [9.17, 15) is 5.11 Å². The highest BCUT2D eigenvalue weighted by atomic mass is 35.5. The first kappa shape index (κ1) is 13.9. The Morgan fingerprint density at radius 3 is 2.44 bits per heavy atom. The number of aliphatic hydroxyl groups is 1. The molecule has 0 bridgehead atoms. The van der Waals surface area contributed by atoms with E-state index < -0.39 is 0 Å². The summed E-state index contributed by atoms with van der Waals surface area (Å²) in [5.74, 6) is 0. The summed E-state index contributed by atoms with van der Waals surface area (Å²) in [5.41, 5.74) is 1.32. The second-order valence-electron chi connectivity index (χ2n) is 5.40. The number of benzene rings is 1. The van der Waals surface area contributed by atoms with Gasteiger partial charge in [0.1, 0.15) is 0 Å². The zero-order valence-electron chi connectivity index (χ0n) is 10.9. The monoisotopic (exact) mass is 267 g/mol. The van der Waals surface area contributed by atoms with Gasteiger partial charge in [0.15, 0.2) is 0 Å². The molecule has 1 unspecified atom stereocenters. The number of halogens is 1. The lowest BCUT2D eigenvalue weighted by atomic mass is 9.92. The van der Waals surface area contributed by atoms with Crippen molar-refractivity contribution in [3.05, 3.63) is 34.9 Å². The van der Waals surface area contributed by atoms with Gasteiger partial charge in [-0.25, -0.2) is 0 Å². The van der Waals surface area contributed by atoms with Crippen LogP contribution in [0.25, 0.3) is 0 Å². The third-order valence-electron chi connectivity index (χ3n) is 3.67. The van der Waals surface area contributed by atoms with E-state index in [1.54, 1.807) is 0 Å². The Morgan fingerprint density at radius 1 is 1.22 bits per heavy atom. The van der Waals surface area contributed by atoms with Crippen LogP contribution in [0.5, 0.6) is 0 Å². The zero-order valence-corrected chi connectivity index (χ0v) is 11.7. The number of hydrogen-bond donors (Lipinski definition) is 2. The topological polar surface area (TPSA) is 32.3 Å². The summed E-state index contributed by atoms with van der Waals surface area (Å²) in [6.07, 6.45) is 5.00. The van der Waals surface area contributed by atoms with Crippen molar-refractivity contribution in [1.82, 2.24) is 5.32 Å². The van der Waals surface area contributed by atoms with Gasteiger partial charge in [-0.05, 0) is 56.7 Å². The first-order valence-electron chi connectivity index (χ1n) is 6.82. The zero-order chi connectivity index (χ0) is 13.0. The molecule has 100 valence electrons. The van der Waals surface area contributed by atoms with E-state index in [0.717, 1.165) is 37.1 Å². The van der Waals surface area contributed by atoms with Gasteiger partial charge < -0.3 is 10.4 Å². The Morgan fingerprint density at radius 2 is 1.83 bits per heavy atom. The fourth-order valence-electron chi connectivity index (χ4n) is 2.68. The summed E-state index contributed by atoms with van der Waals surface area (Å²) in [4.78, 5) is 0. The molecule has 1 aliphatic carbocycles. The van der Waals surface area contributed by atoms with Crippen molar-refractivity contribution in [2.45, 2.75) is 57.2 Å². The van der Waals surface area contributed by atoms with Gasteiger partial charge in [0, 0.05) is 17.1 Å². The molecule has 0 amide bonds. The number of aliphatic hydroxyl groups excluding tert-OH is 1.